The van der Waals surface area contributed by atoms with E-state index >= 15 is 0 Å². The number of aromatic nitrogens is 1. The first-order valence-electron chi connectivity index (χ1n) is 10.2. The first-order chi connectivity index (χ1) is 14.3. The third-order valence-corrected chi connectivity index (χ3v) is 5.31. The van der Waals surface area contributed by atoms with E-state index in [1.54, 1.807) is 6.20 Å². The number of hydrogen-bond acceptors (Lipinski definition) is 5. The predicted octanol–water partition coefficient (Wildman–Crippen LogP) is 5.82. The maximum Gasteiger partial charge on any atom is 0.261 e. The molecule has 0 saturated carbocycles. The van der Waals surface area contributed by atoms with Gasteiger partial charge < -0.3 is 18.9 Å². The molecule has 0 bridgehead atoms. The molecule has 0 amide bonds. The Morgan fingerprint density at radius 2 is 1.43 bits per heavy atom. The van der Waals surface area contributed by atoms with E-state index in [0.29, 0.717) is 11.6 Å². The fourth-order valence-electron chi connectivity index (χ4n) is 4.10. The fourth-order valence-corrected chi connectivity index (χ4v) is 4.10. The molecule has 3 heterocycles. The molecule has 1 fully saturated rings. The molecular weight excluding hydrogens is 378 g/mol. The van der Waals surface area contributed by atoms with Crippen LogP contribution in [0.15, 0.2) is 66.9 Å². The molecule has 0 aliphatic carbocycles. The minimum atomic E-state index is -0.728. The van der Waals surface area contributed by atoms with E-state index in [0.717, 1.165) is 22.3 Å². The summed E-state index contributed by atoms with van der Waals surface area (Å²) in [6, 6.07) is 20.5. The van der Waals surface area contributed by atoms with Crippen molar-refractivity contribution in [1.82, 2.24) is 4.98 Å². The highest BCUT2D eigenvalue weighted by Gasteiger charge is 2.43. The van der Waals surface area contributed by atoms with Gasteiger partial charge in [0.2, 0.25) is 5.79 Å². The maximum atomic E-state index is 6.33. The minimum Gasteiger partial charge on any atom is -0.447 e. The summed E-state index contributed by atoms with van der Waals surface area (Å²) in [5.41, 5.74) is 4.12. The summed E-state index contributed by atoms with van der Waals surface area (Å²) in [6.45, 7) is 7.67. The Morgan fingerprint density at radius 3 is 2.20 bits per heavy atom. The third-order valence-electron chi connectivity index (χ3n) is 5.31. The van der Waals surface area contributed by atoms with Crippen molar-refractivity contribution in [1.29, 1.82) is 0 Å². The van der Waals surface area contributed by atoms with Crippen LogP contribution in [0.25, 0.3) is 11.1 Å². The van der Waals surface area contributed by atoms with Gasteiger partial charge in [0.1, 0.15) is 12.2 Å². The highest BCUT2D eigenvalue weighted by Crippen LogP contribution is 2.49. The van der Waals surface area contributed by atoms with Crippen LogP contribution in [0, 0.1) is 0 Å². The monoisotopic (exact) mass is 403 g/mol. The largest absolute Gasteiger partial charge is 0.447 e. The second-order valence-electron chi connectivity index (χ2n) is 8.61. The van der Waals surface area contributed by atoms with Gasteiger partial charge in [-0.1, -0.05) is 48.5 Å². The van der Waals surface area contributed by atoms with E-state index in [1.165, 1.54) is 0 Å². The van der Waals surface area contributed by atoms with Gasteiger partial charge in [-0.25, -0.2) is 4.98 Å². The van der Waals surface area contributed by atoms with Gasteiger partial charge in [0.25, 0.3) is 5.88 Å². The Morgan fingerprint density at radius 1 is 0.733 bits per heavy atom. The zero-order valence-electron chi connectivity index (χ0n) is 17.6. The number of fused-ring (bicyclic) bond motifs is 1. The summed E-state index contributed by atoms with van der Waals surface area (Å²) in [5.74, 6) is -0.205. The van der Waals surface area contributed by atoms with Crippen molar-refractivity contribution in [3.05, 3.63) is 78.0 Å². The molecule has 1 saturated heterocycles. The van der Waals surface area contributed by atoms with Gasteiger partial charge in [0.05, 0.1) is 0 Å². The number of pyridine rings is 1. The normalized spacial score (nSPS) is 23.5. The Balaban J connectivity index is 1.54. The highest BCUT2D eigenvalue weighted by atomic mass is 16.8. The highest BCUT2D eigenvalue weighted by molar-refractivity contribution is 5.73. The lowest BCUT2D eigenvalue weighted by atomic mass is 9.95. The van der Waals surface area contributed by atoms with Crippen LogP contribution < -0.4 is 9.47 Å². The van der Waals surface area contributed by atoms with Crippen LogP contribution in [-0.2, 0) is 9.47 Å². The molecule has 0 spiro atoms. The molecule has 5 nitrogen and oxygen atoms in total. The summed E-state index contributed by atoms with van der Waals surface area (Å²) in [5, 5.41) is 0. The fraction of sp³-hybridized carbons (Fsp3) is 0.320. The average Bonchev–Trinajstić information content (AvgIpc) is 3.22. The van der Waals surface area contributed by atoms with E-state index in [1.807, 2.05) is 58.0 Å². The standard InChI is InChI=1S/C25H25NO4/c1-24(2)27-20(16-9-6-5-7-10-16)21(28-24)18-12-8-11-17(15-18)19-13-14-26-23-22(19)29-25(3,4)30-23/h5-15,20-21H,1-4H3. The third kappa shape index (κ3) is 3.44. The van der Waals surface area contributed by atoms with Crippen molar-refractivity contribution >= 4 is 0 Å². The van der Waals surface area contributed by atoms with Crippen LogP contribution in [0.1, 0.15) is 51.0 Å². The van der Waals surface area contributed by atoms with Crippen molar-refractivity contribution in [2.24, 2.45) is 0 Å². The van der Waals surface area contributed by atoms with Crippen molar-refractivity contribution in [2.45, 2.75) is 51.5 Å². The predicted molar refractivity (Wildman–Crippen MR) is 113 cm³/mol. The van der Waals surface area contributed by atoms with Gasteiger partial charge in [-0.05, 0) is 42.7 Å². The van der Waals surface area contributed by atoms with Gasteiger partial charge >= 0.3 is 0 Å². The average molecular weight is 403 g/mol. The number of nitrogens with zero attached hydrogens (tertiary/aromatic N) is 1. The molecule has 3 aromatic rings. The molecule has 2 aliphatic rings. The lowest BCUT2D eigenvalue weighted by Gasteiger charge is -2.19. The molecule has 0 N–H and O–H groups in total. The number of ether oxygens (including phenoxy) is 4. The van der Waals surface area contributed by atoms with Crippen molar-refractivity contribution in [2.75, 3.05) is 0 Å². The van der Waals surface area contributed by atoms with E-state index in [-0.39, 0.29) is 12.2 Å². The molecule has 2 aliphatic heterocycles. The van der Waals surface area contributed by atoms with Gasteiger partial charge in [-0.15, -0.1) is 0 Å². The van der Waals surface area contributed by atoms with Crippen LogP contribution in [0.5, 0.6) is 11.6 Å². The number of rotatable bonds is 3. The van der Waals surface area contributed by atoms with Crippen LogP contribution in [0.3, 0.4) is 0 Å². The van der Waals surface area contributed by atoms with Crippen molar-refractivity contribution in [3.8, 4) is 22.8 Å². The topological polar surface area (TPSA) is 49.8 Å². The Hall–Kier alpha value is -2.89. The van der Waals surface area contributed by atoms with Crippen LogP contribution in [0.2, 0.25) is 0 Å². The van der Waals surface area contributed by atoms with E-state index in [9.17, 15) is 0 Å². The van der Waals surface area contributed by atoms with E-state index < -0.39 is 11.6 Å². The van der Waals surface area contributed by atoms with Crippen molar-refractivity contribution in [3.63, 3.8) is 0 Å². The van der Waals surface area contributed by atoms with Crippen molar-refractivity contribution < 1.29 is 18.9 Å². The molecule has 2 unspecified atom stereocenters. The Labute approximate surface area is 176 Å². The van der Waals surface area contributed by atoms with E-state index in [4.69, 9.17) is 18.9 Å². The lowest BCUT2D eigenvalue weighted by Crippen LogP contribution is -2.30. The second-order valence-corrected chi connectivity index (χ2v) is 8.61. The summed E-state index contributed by atoms with van der Waals surface area (Å²) in [6.07, 6.45) is 1.35. The summed E-state index contributed by atoms with van der Waals surface area (Å²) in [4.78, 5) is 4.32. The Bertz CT molecular complexity index is 1080. The maximum absolute atomic E-state index is 6.33. The van der Waals surface area contributed by atoms with Gasteiger partial charge in [0.15, 0.2) is 11.5 Å². The smallest absolute Gasteiger partial charge is 0.261 e. The lowest BCUT2D eigenvalue weighted by molar-refractivity contribution is -0.147. The molecule has 30 heavy (non-hydrogen) atoms. The zero-order valence-corrected chi connectivity index (χ0v) is 17.6. The van der Waals surface area contributed by atoms with Crippen LogP contribution in [-0.4, -0.2) is 16.6 Å². The molecular formula is C25H25NO4. The molecule has 2 atom stereocenters. The molecule has 5 heteroatoms. The summed E-state index contributed by atoms with van der Waals surface area (Å²) in [7, 11) is 0. The quantitative estimate of drug-likeness (QED) is 0.551. The SMILES string of the molecule is CC1(C)Oc2nccc(-c3cccc(C4OC(C)(C)OC4c4ccccc4)c3)c2O1. The van der Waals surface area contributed by atoms with Crippen LogP contribution in [0.4, 0.5) is 0 Å². The summed E-state index contributed by atoms with van der Waals surface area (Å²) >= 11 is 0. The first kappa shape index (κ1) is 19.1. The van der Waals surface area contributed by atoms with Gasteiger partial charge in [-0.2, -0.15) is 0 Å². The van der Waals surface area contributed by atoms with Gasteiger partial charge in [-0.3, -0.25) is 0 Å². The van der Waals surface area contributed by atoms with E-state index in [2.05, 4.69) is 35.3 Å². The molecule has 1 aromatic heterocycles. The Kier molecular flexibility index (Phi) is 4.34. The molecule has 0 radical (unpaired) electrons. The number of benzene rings is 2. The van der Waals surface area contributed by atoms with Crippen LogP contribution >= 0.6 is 0 Å². The van der Waals surface area contributed by atoms with Gasteiger partial charge in [0, 0.05) is 25.6 Å². The second kappa shape index (κ2) is 6.83. The number of hydrogen-bond donors (Lipinski definition) is 0. The first-order valence-corrected chi connectivity index (χ1v) is 10.2. The minimum absolute atomic E-state index is 0.182. The zero-order chi connectivity index (χ0) is 20.9. The summed E-state index contributed by atoms with van der Waals surface area (Å²) < 4.78 is 24.4. The molecule has 2 aromatic carbocycles. The molecule has 154 valence electrons. The molecule has 5 rings (SSSR count).